The van der Waals surface area contributed by atoms with Crippen LogP contribution in [0.3, 0.4) is 0 Å². The van der Waals surface area contributed by atoms with Gasteiger partial charge in [-0.1, -0.05) is 6.47 Å². The second-order valence-corrected chi connectivity index (χ2v) is 18.8. The fourth-order valence-electron chi connectivity index (χ4n) is 0.408. The molecule has 2 aliphatic rings. The maximum atomic E-state index is 8.24. The van der Waals surface area contributed by atoms with Gasteiger partial charge >= 0.3 is 92.6 Å². The van der Waals surface area contributed by atoms with Crippen molar-refractivity contribution in [1.82, 2.24) is 0 Å². The molecule has 0 unspecified atom stereocenters. The standard InChI is InChI=1S/2C4H7.CHO2.4CH3.I3.I2.HI.2W.2Y/c2*1-2-4-3-1;2-1-3;;;;;1-3-2;1-2;;;;;/h2*1H,2-4H2;(H,2,3);4*1H3;;;1H;;;;/q8*-1;;;2*+2;;. The summed E-state index contributed by atoms with van der Waals surface area (Å²) in [4.78, 5) is 8.24. The molecule has 2 rings (SSSR count). The van der Waals surface area contributed by atoms with Crippen molar-refractivity contribution in [3.05, 3.63) is 42.5 Å². The summed E-state index contributed by atoms with van der Waals surface area (Å²) in [6, 6.07) is 0. The van der Waals surface area contributed by atoms with Crippen molar-refractivity contribution in [1.29, 1.82) is 0 Å². The minimum atomic E-state index is 0. The first kappa shape index (κ1) is 76.8. The quantitative estimate of drug-likeness (QED) is 0.264. The van der Waals surface area contributed by atoms with Gasteiger partial charge in [-0.3, -0.25) is 0 Å². The third kappa shape index (κ3) is 114. The van der Waals surface area contributed by atoms with Gasteiger partial charge in [0.2, 0.25) is 0 Å². The Bertz CT molecular complexity index is 107. The average Bonchev–Trinajstić information content (AvgIpc) is 2.03. The fourth-order valence-corrected chi connectivity index (χ4v) is 0.408. The Labute approximate surface area is 308 Å². The van der Waals surface area contributed by atoms with E-state index in [4.69, 9.17) is 9.90 Å². The van der Waals surface area contributed by atoms with E-state index in [0.29, 0.717) is 19.7 Å². The maximum absolute atomic E-state index is 8.24. The molecule has 2 nitrogen and oxygen atoms in total. The zero-order valence-corrected chi connectivity index (χ0v) is 39.7. The molecule has 0 aromatic heterocycles. The van der Waals surface area contributed by atoms with E-state index >= 15 is 0 Å². The molecule has 0 atom stereocenters. The molecule has 2 aliphatic carbocycles. The molecule has 0 aliphatic heterocycles. The number of aliphatic hydroxyl groups excluding tert-OH is 1. The van der Waals surface area contributed by atoms with Crippen LogP contribution in [0, 0.1) is 42.5 Å². The van der Waals surface area contributed by atoms with Crippen molar-refractivity contribution in [3.8, 4) is 0 Å². The Morgan fingerprint density at radius 3 is 0.840 bits per heavy atom. The van der Waals surface area contributed by atoms with Gasteiger partial charge in [-0.2, -0.15) is 25.7 Å². The summed E-state index contributed by atoms with van der Waals surface area (Å²) in [7, 11) is 0. The predicted octanol–water partition coefficient (Wildman–Crippen LogP) is 5.32. The van der Waals surface area contributed by atoms with Crippen LogP contribution >= 0.6 is 98.4 Å². The second-order valence-electron chi connectivity index (χ2n) is 2.58. The predicted molar refractivity (Wildman–Crippen MR) is 142 cm³/mol. The largest absolute Gasteiger partial charge is 2.00 e. The van der Waals surface area contributed by atoms with Crippen LogP contribution in [0.4, 0.5) is 0 Å². The summed E-state index contributed by atoms with van der Waals surface area (Å²) in [5, 5.41) is 6.76. The molecule has 156 valence electrons. The molecule has 12 heteroatoms. The van der Waals surface area contributed by atoms with Gasteiger partial charge in [0.15, 0.2) is 0 Å². The smallest absolute Gasteiger partial charge is 0.665 e. The summed E-state index contributed by atoms with van der Waals surface area (Å²) in [6.45, 7) is 0.500. The summed E-state index contributed by atoms with van der Waals surface area (Å²) >= 11 is 9.54. The van der Waals surface area contributed by atoms with Crippen LogP contribution in [0.15, 0.2) is 0 Å². The molecule has 2 saturated carbocycles. The van der Waals surface area contributed by atoms with Crippen molar-refractivity contribution in [3.63, 3.8) is 0 Å². The zero-order valence-electron chi connectivity index (χ0n) is 15.0. The van der Waals surface area contributed by atoms with Gasteiger partial charge in [-0.15, -0.1) is 36.8 Å². The average molecular weight is 1520 g/mol. The van der Waals surface area contributed by atoms with Crippen LogP contribution in [0.5, 0.6) is 0 Å². The monoisotopic (exact) mass is 1520 g/mol. The first-order valence-electron chi connectivity index (χ1n) is 4.49. The van der Waals surface area contributed by atoms with Crippen molar-refractivity contribution in [2.45, 2.75) is 38.5 Å². The van der Waals surface area contributed by atoms with E-state index in [1.165, 1.54) is 38.5 Å². The van der Waals surface area contributed by atoms with Crippen LogP contribution < -0.4 is 13.3 Å². The number of rotatable bonds is 0. The Hall–Kier alpha value is 7.43. The Balaban J connectivity index is -0.00000000788. The van der Waals surface area contributed by atoms with Crippen LogP contribution in [0.1, 0.15) is 38.5 Å². The van der Waals surface area contributed by atoms with Crippen LogP contribution in [0.25, 0.3) is 0 Å². The third-order valence-electron chi connectivity index (χ3n) is 1.63. The fraction of sp³-hybridized carbons (Fsp3) is 0.462. The Kier molecular flexibility index (Phi) is 294. The molecule has 0 aromatic rings. The molecule has 25 heavy (non-hydrogen) atoms. The first-order chi connectivity index (χ1) is 7.83. The van der Waals surface area contributed by atoms with E-state index in [1.54, 1.807) is 0 Å². The van der Waals surface area contributed by atoms with E-state index < -0.39 is 0 Å². The SMILES string of the molecule is I.II.I[I-]I.O=[C-]O.[CH-]1CCC1.[CH-]1CCC1.[CH3-].[CH3-].[CH3-].[CH3-].[W+2].[W+2].[Y].[Y]. The van der Waals surface area contributed by atoms with Crippen molar-refractivity contribution in [2.75, 3.05) is 0 Å². The van der Waals surface area contributed by atoms with Crippen LogP contribution in [-0.2, 0) is 112 Å². The molecule has 0 amide bonds. The van der Waals surface area contributed by atoms with Gasteiger partial charge in [-0.05, 0) is 0 Å². The second kappa shape index (κ2) is 95.8. The maximum Gasteiger partial charge on any atom is 2.00 e. The van der Waals surface area contributed by atoms with Gasteiger partial charge in [0, 0.05) is 103 Å². The molecule has 0 bridgehead atoms. The van der Waals surface area contributed by atoms with E-state index in [0.717, 1.165) is 0 Å². The summed E-state index contributed by atoms with van der Waals surface area (Å²) in [5.41, 5.74) is 0. The Morgan fingerprint density at radius 2 is 0.840 bits per heavy atom. The number of hydrogen-bond acceptors (Lipinski definition) is 1. The zero-order chi connectivity index (χ0) is 13.1. The van der Waals surface area contributed by atoms with Crippen LogP contribution in [0.2, 0.25) is 0 Å². The van der Waals surface area contributed by atoms with Gasteiger partial charge in [0.1, 0.15) is 0 Å². The van der Waals surface area contributed by atoms with Crippen molar-refractivity contribution < 1.29 is 131 Å². The molecule has 0 aromatic carbocycles. The van der Waals surface area contributed by atoms with Gasteiger partial charge in [0.05, 0.1) is 0 Å². The summed E-state index contributed by atoms with van der Waals surface area (Å²) in [6.07, 6.45) is 13.0. The molecular formula is C13H28I6O2W2Y2-4. The summed E-state index contributed by atoms with van der Waals surface area (Å²) in [5.74, 6) is 0. The van der Waals surface area contributed by atoms with E-state index in [2.05, 4.69) is 87.3 Å². The third-order valence-corrected chi connectivity index (χ3v) is 1.63. The van der Waals surface area contributed by atoms with Gasteiger partial charge in [0.25, 0.3) is 0 Å². The molecule has 2 fully saturated rings. The van der Waals surface area contributed by atoms with Crippen LogP contribution in [-0.4, -0.2) is 11.6 Å². The molecule has 0 saturated heterocycles. The molecular weight excluding hydrogens is 1500 g/mol. The number of halogens is 6. The van der Waals surface area contributed by atoms with E-state index in [9.17, 15) is 0 Å². The van der Waals surface area contributed by atoms with Gasteiger partial charge < -0.3 is 52.4 Å². The topological polar surface area (TPSA) is 37.3 Å². The molecule has 1 N–H and O–H groups in total. The summed E-state index contributed by atoms with van der Waals surface area (Å²) < 4.78 is 0. The minimum Gasteiger partial charge on any atom is -0.665 e. The van der Waals surface area contributed by atoms with Gasteiger partial charge in [-0.25, -0.2) is 0 Å². The molecule has 0 heterocycles. The molecule has 0 spiro atoms. The van der Waals surface area contributed by atoms with Crippen molar-refractivity contribution >= 4 is 105 Å². The van der Waals surface area contributed by atoms with Crippen molar-refractivity contribution in [2.24, 2.45) is 0 Å². The van der Waals surface area contributed by atoms with E-state index in [-0.39, 0.29) is 161 Å². The van der Waals surface area contributed by atoms with E-state index in [1.807, 2.05) is 0 Å². The normalized spacial score (nSPS) is 9.28. The first-order valence-corrected chi connectivity index (χ1v) is 23.3. The minimum absolute atomic E-state index is 0. The Morgan fingerprint density at radius 1 is 0.800 bits per heavy atom. The molecule has 2 radical (unpaired) electrons. The number of hydrogen-bond donors (Lipinski definition) is 1.